The lowest BCUT2D eigenvalue weighted by Gasteiger charge is -2.37. The number of nitrogens with one attached hydrogen (secondary N) is 2. The molecule has 7 heteroatoms. The Kier molecular flexibility index (Phi) is 8.78. The van der Waals surface area contributed by atoms with Gasteiger partial charge in [-0.05, 0) is 53.1 Å². The van der Waals surface area contributed by atoms with Gasteiger partial charge in [-0.1, -0.05) is 76.8 Å². The molecule has 2 aliphatic rings. The van der Waals surface area contributed by atoms with E-state index >= 15 is 0 Å². The van der Waals surface area contributed by atoms with Gasteiger partial charge in [0.15, 0.2) is 0 Å². The second kappa shape index (κ2) is 12.2. The van der Waals surface area contributed by atoms with Crippen LogP contribution in [0.3, 0.4) is 0 Å². The first-order chi connectivity index (χ1) is 19.5. The van der Waals surface area contributed by atoms with E-state index in [1.54, 1.807) is 0 Å². The fourth-order valence-corrected chi connectivity index (χ4v) is 7.74. The minimum atomic E-state index is -1.66. The number of fused-ring (bicyclic) bond motifs is 1. The number of benzene rings is 3. The fourth-order valence-electron chi connectivity index (χ4n) is 6.22. The van der Waals surface area contributed by atoms with Crippen molar-refractivity contribution in [3.63, 3.8) is 0 Å². The van der Waals surface area contributed by atoms with Crippen LogP contribution in [0, 0.1) is 5.92 Å². The Labute approximate surface area is 247 Å². The van der Waals surface area contributed by atoms with E-state index in [2.05, 4.69) is 115 Å². The van der Waals surface area contributed by atoms with Crippen molar-refractivity contribution < 1.29 is 9.53 Å². The fraction of sp³-hybridized carbons (Fsp3) is 0.500. The largest absolute Gasteiger partial charge is 0.379 e. The molecule has 3 aromatic rings. The number of carbonyl (C=O) groups excluding carboxylic acids is 1. The van der Waals surface area contributed by atoms with Crippen LogP contribution in [0.1, 0.15) is 39.2 Å². The van der Waals surface area contributed by atoms with E-state index in [1.807, 2.05) is 0 Å². The standard InChI is InChI=1S/C34H48N4O2Si/c1-34(2,3)26-11-14-32(41(4,5)6)30(23-26)36-33(39)35-29-12-13-31(28-10-8-7-9-27(28)29)38-17-15-25(16-18-38)24-37-19-21-40-22-20-37/h7-14,23,25H,15-22,24H2,1-6H3,(H2,35,36,39). The molecule has 0 bridgehead atoms. The molecule has 0 spiro atoms. The first-order valence-corrected chi connectivity index (χ1v) is 18.8. The topological polar surface area (TPSA) is 56.8 Å². The third-order valence-electron chi connectivity index (χ3n) is 8.67. The Morgan fingerprint density at radius 1 is 0.878 bits per heavy atom. The van der Waals surface area contributed by atoms with Crippen molar-refractivity contribution in [3.05, 3.63) is 60.2 Å². The molecular weight excluding hydrogens is 524 g/mol. The van der Waals surface area contributed by atoms with Crippen LogP contribution in [0.15, 0.2) is 54.6 Å². The highest BCUT2D eigenvalue weighted by atomic mass is 28.3. The van der Waals surface area contributed by atoms with E-state index in [1.165, 1.54) is 41.2 Å². The van der Waals surface area contributed by atoms with E-state index in [0.29, 0.717) is 0 Å². The Morgan fingerprint density at radius 3 is 2.20 bits per heavy atom. The molecule has 220 valence electrons. The number of rotatable bonds is 6. The van der Waals surface area contributed by atoms with Crippen molar-refractivity contribution in [3.8, 4) is 0 Å². The number of ether oxygens (including phenoxy) is 1. The summed E-state index contributed by atoms with van der Waals surface area (Å²) >= 11 is 0. The minimum absolute atomic E-state index is 0.00782. The van der Waals surface area contributed by atoms with Gasteiger partial charge in [0.2, 0.25) is 0 Å². The van der Waals surface area contributed by atoms with E-state index in [9.17, 15) is 4.79 Å². The SMILES string of the molecule is CC(C)(C)c1ccc([Si](C)(C)C)c(NC(=O)Nc2ccc(N3CCC(CN4CCOCC4)CC3)c3ccccc23)c1. The molecule has 0 radical (unpaired) electrons. The maximum atomic E-state index is 13.4. The Bertz CT molecular complexity index is 1360. The van der Waals surface area contributed by atoms with Crippen LogP contribution in [-0.2, 0) is 10.2 Å². The van der Waals surface area contributed by atoms with Gasteiger partial charge in [0.25, 0.3) is 0 Å². The van der Waals surface area contributed by atoms with Crippen molar-refractivity contribution in [2.45, 2.75) is 58.7 Å². The van der Waals surface area contributed by atoms with Crippen molar-refractivity contribution in [1.82, 2.24) is 4.90 Å². The van der Waals surface area contributed by atoms with Crippen LogP contribution in [0.2, 0.25) is 19.6 Å². The van der Waals surface area contributed by atoms with Gasteiger partial charge in [-0.2, -0.15) is 0 Å². The summed E-state index contributed by atoms with van der Waals surface area (Å²) in [4.78, 5) is 18.5. The van der Waals surface area contributed by atoms with Crippen LogP contribution in [0.25, 0.3) is 10.8 Å². The first-order valence-electron chi connectivity index (χ1n) is 15.3. The molecule has 0 aliphatic carbocycles. The van der Waals surface area contributed by atoms with Gasteiger partial charge in [-0.15, -0.1) is 0 Å². The van der Waals surface area contributed by atoms with Gasteiger partial charge in [0.1, 0.15) is 0 Å². The van der Waals surface area contributed by atoms with Gasteiger partial charge in [0.05, 0.1) is 27.0 Å². The Hall–Kier alpha value is -2.87. The Morgan fingerprint density at radius 2 is 1.54 bits per heavy atom. The lowest BCUT2D eigenvalue weighted by atomic mass is 9.87. The molecule has 0 atom stereocenters. The molecular formula is C34H48N4O2Si. The highest BCUT2D eigenvalue weighted by molar-refractivity contribution is 6.89. The zero-order chi connectivity index (χ0) is 29.2. The van der Waals surface area contributed by atoms with E-state index in [-0.39, 0.29) is 11.4 Å². The molecule has 2 N–H and O–H groups in total. The summed E-state index contributed by atoms with van der Waals surface area (Å²) in [6, 6.07) is 19.1. The quantitative estimate of drug-likeness (QED) is 0.316. The van der Waals surface area contributed by atoms with Crippen molar-refractivity contribution >= 4 is 47.1 Å². The second-order valence-electron chi connectivity index (χ2n) is 13.9. The molecule has 6 nitrogen and oxygen atoms in total. The smallest absolute Gasteiger partial charge is 0.323 e. The maximum Gasteiger partial charge on any atom is 0.323 e. The third-order valence-corrected chi connectivity index (χ3v) is 10.7. The van der Waals surface area contributed by atoms with E-state index < -0.39 is 8.07 Å². The van der Waals surface area contributed by atoms with Crippen molar-refractivity contribution in [1.29, 1.82) is 0 Å². The summed E-state index contributed by atoms with van der Waals surface area (Å²) in [7, 11) is -1.66. The number of nitrogens with zero attached hydrogens (tertiary/aromatic N) is 2. The van der Waals surface area contributed by atoms with Crippen LogP contribution >= 0.6 is 0 Å². The normalized spacial score (nSPS) is 17.6. The summed E-state index contributed by atoms with van der Waals surface area (Å²) < 4.78 is 5.52. The summed E-state index contributed by atoms with van der Waals surface area (Å²) in [5.74, 6) is 0.748. The lowest BCUT2D eigenvalue weighted by molar-refractivity contribution is 0.0289. The average molecular weight is 573 g/mol. The number of morpholine rings is 1. The first kappa shape index (κ1) is 29.6. The minimum Gasteiger partial charge on any atom is -0.379 e. The predicted molar refractivity (Wildman–Crippen MR) is 177 cm³/mol. The van der Waals surface area contributed by atoms with Crippen LogP contribution in [-0.4, -0.2) is 64.9 Å². The van der Waals surface area contributed by atoms with E-state index in [0.717, 1.165) is 62.1 Å². The predicted octanol–water partition coefficient (Wildman–Crippen LogP) is 6.88. The molecule has 2 aliphatic heterocycles. The molecule has 2 heterocycles. The maximum absolute atomic E-state index is 13.4. The molecule has 41 heavy (non-hydrogen) atoms. The zero-order valence-electron chi connectivity index (χ0n) is 25.8. The zero-order valence-corrected chi connectivity index (χ0v) is 26.8. The molecule has 2 saturated heterocycles. The van der Waals surface area contributed by atoms with Crippen molar-refractivity contribution in [2.75, 3.05) is 61.5 Å². The summed E-state index contributed by atoms with van der Waals surface area (Å²) in [5, 5.41) is 9.93. The third kappa shape index (κ3) is 7.14. The van der Waals surface area contributed by atoms with E-state index in [4.69, 9.17) is 4.74 Å². The van der Waals surface area contributed by atoms with Crippen LogP contribution in [0.4, 0.5) is 21.9 Å². The average Bonchev–Trinajstić information content (AvgIpc) is 2.93. The number of urea groups is 1. The van der Waals surface area contributed by atoms with Gasteiger partial charge in [0, 0.05) is 54.9 Å². The molecule has 2 fully saturated rings. The van der Waals surface area contributed by atoms with Crippen molar-refractivity contribution in [2.24, 2.45) is 5.92 Å². The highest BCUT2D eigenvalue weighted by Gasteiger charge is 2.26. The molecule has 0 saturated carbocycles. The van der Waals surface area contributed by atoms with Crippen LogP contribution < -0.4 is 20.7 Å². The molecule has 3 aromatic carbocycles. The molecule has 0 aromatic heterocycles. The highest BCUT2D eigenvalue weighted by Crippen LogP contribution is 2.35. The van der Waals surface area contributed by atoms with Gasteiger partial charge in [-0.25, -0.2) is 4.79 Å². The molecule has 5 rings (SSSR count). The second-order valence-corrected chi connectivity index (χ2v) is 18.9. The number of carbonyl (C=O) groups is 1. The van der Waals surface area contributed by atoms with Gasteiger partial charge in [-0.3, -0.25) is 4.90 Å². The Balaban J connectivity index is 1.31. The number of piperidine rings is 1. The summed E-state index contributed by atoms with van der Waals surface area (Å²) in [6.07, 6.45) is 2.42. The number of amides is 2. The summed E-state index contributed by atoms with van der Waals surface area (Å²) in [6.45, 7) is 20.8. The van der Waals surface area contributed by atoms with Gasteiger partial charge < -0.3 is 20.3 Å². The number of hydrogen-bond acceptors (Lipinski definition) is 4. The van der Waals surface area contributed by atoms with Gasteiger partial charge >= 0.3 is 6.03 Å². The monoisotopic (exact) mass is 572 g/mol. The molecule has 2 amide bonds. The lowest BCUT2D eigenvalue weighted by Crippen LogP contribution is -2.43. The number of anilines is 3. The summed E-state index contributed by atoms with van der Waals surface area (Å²) in [5.41, 5.74) is 4.25. The molecule has 0 unspecified atom stereocenters. The van der Waals surface area contributed by atoms with Crippen LogP contribution in [0.5, 0.6) is 0 Å². The number of hydrogen-bond donors (Lipinski definition) is 2.